The summed E-state index contributed by atoms with van der Waals surface area (Å²) in [7, 11) is 0. The fourth-order valence-corrected chi connectivity index (χ4v) is 1.71. The summed E-state index contributed by atoms with van der Waals surface area (Å²) in [6.07, 6.45) is 1.68. The first-order chi connectivity index (χ1) is 7.59. The fourth-order valence-electron chi connectivity index (χ4n) is 1.71. The smallest absolute Gasteiger partial charge is 0.241 e. The Kier molecular flexibility index (Phi) is 4.29. The van der Waals surface area contributed by atoms with Crippen molar-refractivity contribution in [2.75, 3.05) is 26.2 Å². The van der Waals surface area contributed by atoms with Crippen LogP contribution in [0.3, 0.4) is 0 Å². The number of carbonyl (C=O) groups excluding carboxylic acids is 2. The molecule has 0 heterocycles. The highest BCUT2D eigenvalue weighted by molar-refractivity contribution is 5.89. The number of rotatable bonds is 6. The van der Waals surface area contributed by atoms with Gasteiger partial charge in [-0.3, -0.25) is 9.59 Å². The summed E-state index contributed by atoms with van der Waals surface area (Å²) >= 11 is 0. The minimum absolute atomic E-state index is 0.0360. The molecule has 0 saturated heterocycles. The molecule has 5 heteroatoms. The molecule has 0 unspecified atom stereocenters. The number of hydrogen-bond donors (Lipinski definition) is 2. The molecule has 1 fully saturated rings. The van der Waals surface area contributed by atoms with Gasteiger partial charge in [-0.25, -0.2) is 0 Å². The van der Waals surface area contributed by atoms with E-state index in [9.17, 15) is 9.59 Å². The third kappa shape index (κ3) is 2.72. The maximum atomic E-state index is 11.7. The quantitative estimate of drug-likeness (QED) is 0.654. The molecule has 0 radical (unpaired) electrons. The Morgan fingerprint density at radius 1 is 1.31 bits per heavy atom. The van der Waals surface area contributed by atoms with Gasteiger partial charge in [-0.1, -0.05) is 0 Å². The molecule has 1 aliphatic rings. The first-order valence-corrected chi connectivity index (χ1v) is 5.85. The van der Waals surface area contributed by atoms with Crippen LogP contribution in [0.1, 0.15) is 26.7 Å². The molecular weight excluding hydrogens is 206 g/mol. The Balaban J connectivity index is 2.34. The topological polar surface area (TPSA) is 75.4 Å². The van der Waals surface area contributed by atoms with Gasteiger partial charge in [0.1, 0.15) is 0 Å². The first kappa shape index (κ1) is 13.0. The SMILES string of the molecule is CCN(CC)C(=O)CNC(=O)C1(CN)CC1. The summed E-state index contributed by atoms with van der Waals surface area (Å²) in [5, 5.41) is 2.68. The standard InChI is InChI=1S/C11H21N3O2/c1-3-14(4-2)9(15)7-13-10(16)11(8-12)5-6-11/h3-8,12H2,1-2H3,(H,13,16). The van der Waals surface area contributed by atoms with Crippen molar-refractivity contribution >= 4 is 11.8 Å². The van der Waals surface area contributed by atoms with Gasteiger partial charge in [-0.05, 0) is 26.7 Å². The van der Waals surface area contributed by atoms with Crippen molar-refractivity contribution in [2.45, 2.75) is 26.7 Å². The highest BCUT2D eigenvalue weighted by Gasteiger charge is 2.48. The van der Waals surface area contributed by atoms with E-state index in [0.717, 1.165) is 12.8 Å². The van der Waals surface area contributed by atoms with Gasteiger partial charge in [0.05, 0.1) is 12.0 Å². The maximum Gasteiger partial charge on any atom is 0.241 e. The van der Waals surface area contributed by atoms with E-state index in [4.69, 9.17) is 5.73 Å². The van der Waals surface area contributed by atoms with E-state index in [-0.39, 0.29) is 23.8 Å². The highest BCUT2D eigenvalue weighted by Crippen LogP contribution is 2.44. The molecular formula is C11H21N3O2. The van der Waals surface area contributed by atoms with Crippen molar-refractivity contribution in [2.24, 2.45) is 11.1 Å². The molecule has 0 bridgehead atoms. The molecule has 5 nitrogen and oxygen atoms in total. The summed E-state index contributed by atoms with van der Waals surface area (Å²) in [5.41, 5.74) is 5.16. The number of amides is 2. The lowest BCUT2D eigenvalue weighted by Crippen LogP contribution is -2.43. The van der Waals surface area contributed by atoms with Gasteiger partial charge in [0.15, 0.2) is 0 Å². The lowest BCUT2D eigenvalue weighted by Gasteiger charge is -2.19. The van der Waals surface area contributed by atoms with Crippen LogP contribution < -0.4 is 11.1 Å². The van der Waals surface area contributed by atoms with Crippen LogP contribution in [0.5, 0.6) is 0 Å². The molecule has 0 aromatic heterocycles. The number of nitrogens with zero attached hydrogens (tertiary/aromatic N) is 1. The zero-order chi connectivity index (χ0) is 12.2. The van der Waals surface area contributed by atoms with E-state index in [1.54, 1.807) is 4.90 Å². The summed E-state index contributed by atoms with van der Waals surface area (Å²) < 4.78 is 0. The summed E-state index contributed by atoms with van der Waals surface area (Å²) in [5.74, 6) is -0.110. The van der Waals surface area contributed by atoms with E-state index in [0.29, 0.717) is 19.6 Å². The van der Waals surface area contributed by atoms with Crippen LogP contribution in [0.15, 0.2) is 0 Å². The van der Waals surface area contributed by atoms with Crippen LogP contribution in [-0.2, 0) is 9.59 Å². The van der Waals surface area contributed by atoms with Gasteiger partial charge in [0.2, 0.25) is 11.8 Å². The molecule has 92 valence electrons. The van der Waals surface area contributed by atoms with Crippen molar-refractivity contribution in [1.82, 2.24) is 10.2 Å². The second kappa shape index (κ2) is 5.30. The van der Waals surface area contributed by atoms with Crippen LogP contribution >= 0.6 is 0 Å². The highest BCUT2D eigenvalue weighted by atomic mass is 16.2. The number of nitrogens with two attached hydrogens (primary N) is 1. The van der Waals surface area contributed by atoms with E-state index in [1.807, 2.05) is 13.8 Å². The Bertz CT molecular complexity index is 270. The summed E-state index contributed by atoms with van der Waals surface area (Å²) in [6, 6.07) is 0. The van der Waals surface area contributed by atoms with Crippen molar-refractivity contribution in [3.8, 4) is 0 Å². The Hall–Kier alpha value is -1.10. The largest absolute Gasteiger partial charge is 0.347 e. The van der Waals surface area contributed by atoms with E-state index >= 15 is 0 Å². The molecule has 0 atom stereocenters. The number of hydrogen-bond acceptors (Lipinski definition) is 3. The molecule has 0 aromatic rings. The van der Waals surface area contributed by atoms with Gasteiger partial charge in [-0.2, -0.15) is 0 Å². The predicted octanol–water partition coefficient (Wildman–Crippen LogP) is -0.290. The van der Waals surface area contributed by atoms with Crippen LogP contribution in [0.2, 0.25) is 0 Å². The van der Waals surface area contributed by atoms with Crippen LogP contribution in [-0.4, -0.2) is 42.9 Å². The third-order valence-corrected chi connectivity index (χ3v) is 3.24. The Labute approximate surface area is 96.4 Å². The Morgan fingerprint density at radius 3 is 2.25 bits per heavy atom. The minimum Gasteiger partial charge on any atom is -0.347 e. The monoisotopic (exact) mass is 227 g/mol. The number of nitrogens with one attached hydrogen (secondary N) is 1. The molecule has 0 aliphatic heterocycles. The minimum atomic E-state index is -0.371. The lowest BCUT2D eigenvalue weighted by atomic mass is 10.1. The molecule has 0 spiro atoms. The van der Waals surface area contributed by atoms with Crippen LogP contribution in [0, 0.1) is 5.41 Å². The second-order valence-electron chi connectivity index (χ2n) is 4.23. The molecule has 2 amide bonds. The van der Waals surface area contributed by atoms with Gasteiger partial charge < -0.3 is 16.0 Å². The summed E-state index contributed by atoms with van der Waals surface area (Å²) in [4.78, 5) is 25.0. The van der Waals surface area contributed by atoms with Crippen molar-refractivity contribution < 1.29 is 9.59 Å². The molecule has 16 heavy (non-hydrogen) atoms. The van der Waals surface area contributed by atoms with E-state index in [2.05, 4.69) is 5.32 Å². The van der Waals surface area contributed by atoms with Crippen molar-refractivity contribution in [3.63, 3.8) is 0 Å². The average Bonchev–Trinajstić information content (AvgIpc) is 3.08. The molecule has 3 N–H and O–H groups in total. The van der Waals surface area contributed by atoms with Gasteiger partial charge in [0, 0.05) is 19.6 Å². The van der Waals surface area contributed by atoms with Gasteiger partial charge >= 0.3 is 0 Å². The lowest BCUT2D eigenvalue weighted by molar-refractivity contribution is -0.134. The maximum absolute atomic E-state index is 11.7. The predicted molar refractivity (Wildman–Crippen MR) is 61.7 cm³/mol. The summed E-state index contributed by atoms with van der Waals surface area (Å²) in [6.45, 7) is 5.65. The van der Waals surface area contributed by atoms with Gasteiger partial charge in [-0.15, -0.1) is 0 Å². The second-order valence-corrected chi connectivity index (χ2v) is 4.23. The fraction of sp³-hybridized carbons (Fsp3) is 0.818. The third-order valence-electron chi connectivity index (χ3n) is 3.24. The Morgan fingerprint density at radius 2 is 1.88 bits per heavy atom. The zero-order valence-corrected chi connectivity index (χ0v) is 10.1. The van der Waals surface area contributed by atoms with E-state index in [1.165, 1.54) is 0 Å². The normalized spacial score (nSPS) is 16.7. The number of carbonyl (C=O) groups is 2. The molecule has 0 aromatic carbocycles. The van der Waals surface area contributed by atoms with Gasteiger partial charge in [0.25, 0.3) is 0 Å². The molecule has 1 aliphatic carbocycles. The number of likely N-dealkylation sites (N-methyl/N-ethyl adjacent to an activating group) is 1. The van der Waals surface area contributed by atoms with Crippen LogP contribution in [0.4, 0.5) is 0 Å². The average molecular weight is 227 g/mol. The molecule has 1 rings (SSSR count). The van der Waals surface area contributed by atoms with Crippen molar-refractivity contribution in [1.29, 1.82) is 0 Å². The van der Waals surface area contributed by atoms with Crippen LogP contribution in [0.25, 0.3) is 0 Å². The first-order valence-electron chi connectivity index (χ1n) is 5.85. The zero-order valence-electron chi connectivity index (χ0n) is 10.1. The van der Waals surface area contributed by atoms with E-state index < -0.39 is 0 Å². The molecule has 1 saturated carbocycles. The van der Waals surface area contributed by atoms with Crippen molar-refractivity contribution in [3.05, 3.63) is 0 Å².